The van der Waals surface area contributed by atoms with Gasteiger partial charge in [-0.15, -0.1) is 0 Å². The normalized spacial score (nSPS) is 11.0. The van der Waals surface area contributed by atoms with E-state index in [2.05, 4.69) is 150 Å². The van der Waals surface area contributed by atoms with Crippen molar-refractivity contribution in [3.8, 4) is 44.5 Å². The summed E-state index contributed by atoms with van der Waals surface area (Å²) in [7, 11) is 0. The van der Waals surface area contributed by atoms with E-state index in [0.717, 1.165) is 0 Å². The molecule has 0 saturated carbocycles. The van der Waals surface area contributed by atoms with Gasteiger partial charge in [-0.1, -0.05) is 190 Å². The summed E-state index contributed by atoms with van der Waals surface area (Å²) in [6.45, 7) is 19.3. The van der Waals surface area contributed by atoms with Crippen LogP contribution in [0.2, 0.25) is 0 Å². The lowest BCUT2D eigenvalue weighted by atomic mass is 9.82. The molecule has 0 nitrogen and oxygen atoms in total. The maximum atomic E-state index is 2.38. The minimum atomic E-state index is 0.0706. The van der Waals surface area contributed by atoms with Gasteiger partial charge in [0.2, 0.25) is 0 Å². The van der Waals surface area contributed by atoms with Crippen molar-refractivity contribution in [1.29, 1.82) is 0 Å². The van der Waals surface area contributed by atoms with Gasteiger partial charge >= 0.3 is 0 Å². The maximum Gasteiger partial charge on any atom is -0.000741 e. The summed E-state index contributed by atoms with van der Waals surface area (Å²) in [5.74, 6) is 0. The monoisotopic (exact) mass is 578 g/mol. The van der Waals surface area contributed by atoms with E-state index in [9.17, 15) is 0 Å². The molecule has 1 aliphatic rings. The van der Waals surface area contributed by atoms with Gasteiger partial charge in [-0.3, -0.25) is 0 Å². The average Bonchev–Trinajstić information content (AvgIpc) is 3.41. The Bertz CT molecular complexity index is 1720. The summed E-state index contributed by atoms with van der Waals surface area (Å²) in [6.07, 6.45) is 2.64. The van der Waals surface area contributed by atoms with Crippen molar-refractivity contribution in [2.45, 2.75) is 80.6 Å². The van der Waals surface area contributed by atoms with Crippen molar-refractivity contribution < 1.29 is 0 Å². The quantitative estimate of drug-likeness (QED) is 0.196. The largest absolute Gasteiger partial charge is 0.0683 e. The molecule has 0 N–H and O–H groups in total. The Labute approximate surface area is 266 Å². The Morgan fingerprint density at radius 3 is 1.25 bits per heavy atom. The first kappa shape index (κ1) is 32.7. The zero-order chi connectivity index (χ0) is 31.9. The molecule has 226 valence electrons. The fourth-order valence-electron chi connectivity index (χ4n) is 6.26. The van der Waals surface area contributed by atoms with Crippen LogP contribution < -0.4 is 0 Å². The summed E-state index contributed by atoms with van der Waals surface area (Å²) >= 11 is 0. The summed E-state index contributed by atoms with van der Waals surface area (Å²) in [5.41, 5.74) is 12.1. The second-order valence-corrected chi connectivity index (χ2v) is 11.9. The molecule has 0 heterocycles. The number of hydrogen-bond donors (Lipinski definition) is 0. The second kappa shape index (κ2) is 14.5. The van der Waals surface area contributed by atoms with Crippen molar-refractivity contribution in [1.82, 2.24) is 0 Å². The molecular formula is C44H50. The predicted octanol–water partition coefficient (Wildman–Crippen LogP) is 14.1. The van der Waals surface area contributed by atoms with Gasteiger partial charge in [-0.25, -0.2) is 0 Å². The Morgan fingerprint density at radius 1 is 0.409 bits per heavy atom. The Kier molecular flexibility index (Phi) is 10.8. The third-order valence-electron chi connectivity index (χ3n) is 8.23. The first-order valence-electron chi connectivity index (χ1n) is 16.7. The molecule has 0 amide bonds. The van der Waals surface area contributed by atoms with Gasteiger partial charge in [0.1, 0.15) is 0 Å². The molecule has 44 heavy (non-hydrogen) atoms. The van der Waals surface area contributed by atoms with E-state index in [1.54, 1.807) is 0 Å². The number of benzene rings is 6. The fourth-order valence-corrected chi connectivity index (χ4v) is 6.26. The first-order chi connectivity index (χ1) is 21.5. The van der Waals surface area contributed by atoms with E-state index in [1.807, 2.05) is 27.7 Å². The highest BCUT2D eigenvalue weighted by Crippen LogP contribution is 2.58. The summed E-state index contributed by atoms with van der Waals surface area (Å²) < 4.78 is 0. The smallest absolute Gasteiger partial charge is 0.000741 e. The molecule has 0 heteroatoms. The number of hydrogen-bond acceptors (Lipinski definition) is 0. The summed E-state index contributed by atoms with van der Waals surface area (Å²) in [5, 5.41) is 5.38. The molecule has 0 spiro atoms. The molecule has 1 aliphatic carbocycles. The molecule has 6 aromatic rings. The van der Waals surface area contributed by atoms with Crippen LogP contribution in [0.15, 0.2) is 115 Å². The Morgan fingerprint density at radius 2 is 0.818 bits per heavy atom. The Balaban J connectivity index is 0.000000505. The minimum Gasteiger partial charge on any atom is -0.0683 e. The molecule has 0 fully saturated rings. The van der Waals surface area contributed by atoms with Crippen LogP contribution in [0.1, 0.15) is 80.7 Å². The van der Waals surface area contributed by atoms with Crippen LogP contribution in [0.25, 0.3) is 66.1 Å². The van der Waals surface area contributed by atoms with Crippen LogP contribution in [0.5, 0.6) is 0 Å². The van der Waals surface area contributed by atoms with Gasteiger partial charge in [0.15, 0.2) is 0 Å². The van der Waals surface area contributed by atoms with Gasteiger partial charge < -0.3 is 0 Å². The van der Waals surface area contributed by atoms with Crippen LogP contribution in [-0.4, -0.2) is 0 Å². The number of rotatable bonds is 3. The van der Waals surface area contributed by atoms with Gasteiger partial charge in [-0.2, -0.15) is 0 Å². The van der Waals surface area contributed by atoms with Gasteiger partial charge in [0.25, 0.3) is 0 Å². The molecule has 0 aromatic heterocycles. The third-order valence-corrected chi connectivity index (χ3v) is 8.23. The van der Waals surface area contributed by atoms with Gasteiger partial charge in [0, 0.05) is 0 Å². The lowest BCUT2D eigenvalue weighted by molar-refractivity contribution is 0.596. The van der Waals surface area contributed by atoms with Crippen molar-refractivity contribution in [3.63, 3.8) is 0 Å². The molecular weight excluding hydrogens is 528 g/mol. The number of unbranched alkanes of at least 4 members (excludes halogenated alkanes) is 1. The second-order valence-electron chi connectivity index (χ2n) is 11.9. The molecule has 0 aliphatic heterocycles. The third kappa shape index (κ3) is 5.96. The lowest BCUT2D eigenvalue weighted by Gasteiger charge is -2.22. The highest BCUT2D eigenvalue weighted by molar-refractivity contribution is 6.27. The Hall–Kier alpha value is -4.16. The zero-order valence-electron chi connectivity index (χ0n) is 28.4. The van der Waals surface area contributed by atoms with Crippen LogP contribution in [0.4, 0.5) is 0 Å². The minimum absolute atomic E-state index is 0.0706. The maximum absolute atomic E-state index is 2.38. The van der Waals surface area contributed by atoms with E-state index >= 15 is 0 Å². The van der Waals surface area contributed by atoms with Gasteiger partial charge in [-0.05, 0) is 77.0 Å². The van der Waals surface area contributed by atoms with E-state index < -0.39 is 0 Å². The highest BCUT2D eigenvalue weighted by Gasteiger charge is 2.31. The van der Waals surface area contributed by atoms with Crippen molar-refractivity contribution in [2.75, 3.05) is 0 Å². The molecule has 7 rings (SSSR count). The molecule has 0 unspecified atom stereocenters. The predicted molar refractivity (Wildman–Crippen MR) is 199 cm³/mol. The number of fused-ring (bicyclic) bond motifs is 4. The fraction of sp³-hybridized carbons (Fsp3) is 0.273. The molecule has 0 bridgehead atoms. The van der Waals surface area contributed by atoms with E-state index in [0.29, 0.717) is 0 Å². The SMILES string of the molecule is CC.CC.CC(C)(C)c1ccc2c3c(cccc13)-c1c-2c(-c2ccccc2)c2ccccc2c1-c1ccccc1.CCCC. The topological polar surface area (TPSA) is 0 Å². The summed E-state index contributed by atoms with van der Waals surface area (Å²) in [4.78, 5) is 0. The van der Waals surface area contributed by atoms with Crippen LogP contribution >= 0.6 is 0 Å². The van der Waals surface area contributed by atoms with Crippen molar-refractivity contribution >= 4 is 21.5 Å². The van der Waals surface area contributed by atoms with Crippen molar-refractivity contribution in [3.05, 3.63) is 121 Å². The van der Waals surface area contributed by atoms with E-state index in [1.165, 1.54) is 84.5 Å². The van der Waals surface area contributed by atoms with E-state index in [-0.39, 0.29) is 5.41 Å². The molecule has 0 atom stereocenters. The first-order valence-corrected chi connectivity index (χ1v) is 16.7. The molecule has 0 saturated heterocycles. The highest BCUT2D eigenvalue weighted by atomic mass is 14.3. The molecule has 0 radical (unpaired) electrons. The lowest BCUT2D eigenvalue weighted by Crippen LogP contribution is -2.11. The van der Waals surface area contributed by atoms with Gasteiger partial charge in [0.05, 0.1) is 0 Å². The van der Waals surface area contributed by atoms with Crippen LogP contribution in [0, 0.1) is 0 Å². The summed E-state index contributed by atoms with van der Waals surface area (Å²) in [6, 6.07) is 42.5. The van der Waals surface area contributed by atoms with Crippen LogP contribution in [-0.2, 0) is 5.41 Å². The standard InChI is InChI=1S/C36H28.C4H10.2C2H6/c1-36(2,3)30-22-21-29-33-27(30)19-12-20-28(33)34-31(23-13-6-4-7-14-23)25-17-10-11-18-26(25)32(35(29)34)24-15-8-5-9-16-24;1-3-4-2;2*1-2/h4-22H,1-3H3;3-4H2,1-2H3;2*1-2H3. The average molecular weight is 579 g/mol. The van der Waals surface area contributed by atoms with Crippen LogP contribution in [0.3, 0.4) is 0 Å². The van der Waals surface area contributed by atoms with Crippen molar-refractivity contribution in [2.24, 2.45) is 0 Å². The zero-order valence-corrected chi connectivity index (χ0v) is 28.4. The van der Waals surface area contributed by atoms with E-state index in [4.69, 9.17) is 0 Å². The molecule has 6 aromatic carbocycles.